The third-order valence-electron chi connectivity index (χ3n) is 3.02. The van der Waals surface area contributed by atoms with E-state index in [4.69, 9.17) is 0 Å². The Morgan fingerprint density at radius 1 is 1.64 bits per heavy atom. The molecule has 1 N–H and O–H groups in total. The molecule has 0 radical (unpaired) electrons. The largest absolute Gasteiger partial charge is 0.355 e. The molecular formula is C11H19N3. The fraction of sp³-hybridized carbons (Fsp3) is 0.727. The topological polar surface area (TPSA) is 29.9 Å². The molecule has 0 amide bonds. The summed E-state index contributed by atoms with van der Waals surface area (Å²) in [6, 6.07) is 0.483. The number of imidazole rings is 1. The number of nitrogens with zero attached hydrogens (tertiary/aromatic N) is 2. The van der Waals surface area contributed by atoms with Gasteiger partial charge < -0.3 is 9.88 Å². The van der Waals surface area contributed by atoms with Crippen LogP contribution in [0, 0.1) is 11.8 Å². The zero-order chi connectivity index (χ0) is 10.1. The van der Waals surface area contributed by atoms with Gasteiger partial charge in [-0.1, -0.05) is 6.92 Å². The average Bonchev–Trinajstić information content (AvgIpc) is 2.67. The second-order valence-electron chi connectivity index (χ2n) is 4.61. The number of aromatic nitrogens is 2. The first-order valence-corrected chi connectivity index (χ1v) is 5.45. The minimum Gasteiger partial charge on any atom is -0.355 e. The summed E-state index contributed by atoms with van der Waals surface area (Å²) in [6.07, 6.45) is 5.26. The van der Waals surface area contributed by atoms with Crippen molar-refractivity contribution in [1.29, 1.82) is 0 Å². The summed E-state index contributed by atoms with van der Waals surface area (Å²) >= 11 is 0. The Hall–Kier alpha value is -0.990. The molecule has 1 fully saturated rings. The van der Waals surface area contributed by atoms with Crippen LogP contribution in [0.15, 0.2) is 12.4 Å². The first-order valence-electron chi connectivity index (χ1n) is 5.45. The van der Waals surface area contributed by atoms with Crippen LogP contribution in [0.25, 0.3) is 0 Å². The van der Waals surface area contributed by atoms with Gasteiger partial charge in [-0.05, 0) is 32.1 Å². The SMILES string of the molecule is CC1CC1CNc1nccn1C(C)C. The van der Waals surface area contributed by atoms with E-state index >= 15 is 0 Å². The summed E-state index contributed by atoms with van der Waals surface area (Å²) in [7, 11) is 0. The summed E-state index contributed by atoms with van der Waals surface area (Å²) in [5.74, 6) is 2.79. The Labute approximate surface area is 85.5 Å². The summed E-state index contributed by atoms with van der Waals surface area (Å²) in [4.78, 5) is 4.31. The standard InChI is InChI=1S/C11H19N3/c1-8(2)14-5-4-12-11(14)13-7-10-6-9(10)3/h4-5,8-10H,6-7H2,1-3H3,(H,12,13). The molecule has 2 atom stereocenters. The lowest BCUT2D eigenvalue weighted by molar-refractivity contribution is 0.602. The molecule has 1 aliphatic carbocycles. The molecule has 78 valence electrons. The normalized spacial score (nSPS) is 25.4. The van der Waals surface area contributed by atoms with Gasteiger partial charge in [0.1, 0.15) is 0 Å². The van der Waals surface area contributed by atoms with Gasteiger partial charge in [0.2, 0.25) is 5.95 Å². The molecule has 3 heteroatoms. The quantitative estimate of drug-likeness (QED) is 0.796. The minimum absolute atomic E-state index is 0.483. The highest BCUT2D eigenvalue weighted by molar-refractivity contribution is 5.27. The molecule has 0 aliphatic heterocycles. The molecule has 0 spiro atoms. The van der Waals surface area contributed by atoms with Crippen LogP contribution in [0.1, 0.15) is 33.2 Å². The summed E-state index contributed by atoms with van der Waals surface area (Å²) in [5.41, 5.74) is 0. The Balaban J connectivity index is 1.91. The molecule has 0 aromatic carbocycles. The predicted octanol–water partition coefficient (Wildman–Crippen LogP) is 2.53. The van der Waals surface area contributed by atoms with Crippen LogP contribution in [0.5, 0.6) is 0 Å². The fourth-order valence-corrected chi connectivity index (χ4v) is 1.77. The van der Waals surface area contributed by atoms with E-state index in [0.29, 0.717) is 6.04 Å². The van der Waals surface area contributed by atoms with Crippen molar-refractivity contribution in [1.82, 2.24) is 9.55 Å². The molecule has 1 aromatic rings. The summed E-state index contributed by atoms with van der Waals surface area (Å²) in [6.45, 7) is 7.73. The minimum atomic E-state index is 0.483. The molecule has 1 saturated carbocycles. The van der Waals surface area contributed by atoms with Gasteiger partial charge in [-0.2, -0.15) is 0 Å². The van der Waals surface area contributed by atoms with Gasteiger partial charge in [0.05, 0.1) is 0 Å². The predicted molar refractivity (Wildman–Crippen MR) is 58.4 cm³/mol. The molecule has 1 aromatic heterocycles. The van der Waals surface area contributed by atoms with Gasteiger partial charge in [0, 0.05) is 25.0 Å². The smallest absolute Gasteiger partial charge is 0.203 e. The number of hydrogen-bond donors (Lipinski definition) is 1. The molecule has 2 unspecified atom stereocenters. The van der Waals surface area contributed by atoms with Gasteiger partial charge >= 0.3 is 0 Å². The van der Waals surface area contributed by atoms with Gasteiger partial charge in [-0.15, -0.1) is 0 Å². The molecule has 1 aliphatic rings. The van der Waals surface area contributed by atoms with Crippen molar-refractivity contribution in [3.8, 4) is 0 Å². The van der Waals surface area contributed by atoms with E-state index in [9.17, 15) is 0 Å². The van der Waals surface area contributed by atoms with Crippen LogP contribution in [0.4, 0.5) is 5.95 Å². The number of nitrogens with one attached hydrogen (secondary N) is 1. The highest BCUT2D eigenvalue weighted by Gasteiger charge is 2.32. The van der Waals surface area contributed by atoms with Crippen molar-refractivity contribution in [2.45, 2.75) is 33.2 Å². The zero-order valence-corrected chi connectivity index (χ0v) is 9.20. The average molecular weight is 193 g/mol. The van der Waals surface area contributed by atoms with Crippen LogP contribution in [-0.4, -0.2) is 16.1 Å². The summed E-state index contributed by atoms with van der Waals surface area (Å²) in [5, 5.41) is 3.42. The van der Waals surface area contributed by atoms with Crippen LogP contribution in [-0.2, 0) is 0 Å². The molecular weight excluding hydrogens is 174 g/mol. The van der Waals surface area contributed by atoms with E-state index in [2.05, 4.69) is 35.6 Å². The Morgan fingerprint density at radius 3 is 2.93 bits per heavy atom. The van der Waals surface area contributed by atoms with E-state index in [-0.39, 0.29) is 0 Å². The molecule has 0 saturated heterocycles. The first kappa shape index (κ1) is 9.56. The second kappa shape index (κ2) is 3.64. The molecule has 3 nitrogen and oxygen atoms in total. The van der Waals surface area contributed by atoms with Crippen LogP contribution < -0.4 is 5.32 Å². The van der Waals surface area contributed by atoms with Crippen molar-refractivity contribution in [3.05, 3.63) is 12.4 Å². The molecule has 0 bridgehead atoms. The maximum atomic E-state index is 4.31. The van der Waals surface area contributed by atoms with Gasteiger partial charge in [-0.3, -0.25) is 0 Å². The van der Waals surface area contributed by atoms with E-state index in [1.165, 1.54) is 6.42 Å². The van der Waals surface area contributed by atoms with Crippen molar-refractivity contribution >= 4 is 5.95 Å². The number of rotatable bonds is 4. The highest BCUT2D eigenvalue weighted by atomic mass is 15.2. The second-order valence-corrected chi connectivity index (χ2v) is 4.61. The van der Waals surface area contributed by atoms with Crippen LogP contribution in [0.3, 0.4) is 0 Å². The monoisotopic (exact) mass is 193 g/mol. The van der Waals surface area contributed by atoms with E-state index < -0.39 is 0 Å². The third kappa shape index (κ3) is 1.91. The highest BCUT2D eigenvalue weighted by Crippen LogP contribution is 2.37. The lowest BCUT2D eigenvalue weighted by atomic mass is 10.3. The fourth-order valence-electron chi connectivity index (χ4n) is 1.77. The van der Waals surface area contributed by atoms with Crippen molar-refractivity contribution < 1.29 is 0 Å². The van der Waals surface area contributed by atoms with Crippen LogP contribution >= 0.6 is 0 Å². The van der Waals surface area contributed by atoms with Gasteiger partial charge in [0.15, 0.2) is 0 Å². The van der Waals surface area contributed by atoms with Crippen LogP contribution in [0.2, 0.25) is 0 Å². The number of anilines is 1. The summed E-state index contributed by atoms with van der Waals surface area (Å²) < 4.78 is 2.17. The maximum Gasteiger partial charge on any atom is 0.203 e. The third-order valence-corrected chi connectivity index (χ3v) is 3.02. The van der Waals surface area contributed by atoms with Gasteiger partial charge in [-0.25, -0.2) is 4.98 Å². The lowest BCUT2D eigenvalue weighted by Crippen LogP contribution is -2.11. The van der Waals surface area contributed by atoms with Gasteiger partial charge in [0.25, 0.3) is 0 Å². The van der Waals surface area contributed by atoms with Crippen molar-refractivity contribution in [2.75, 3.05) is 11.9 Å². The Morgan fingerprint density at radius 2 is 2.36 bits per heavy atom. The van der Waals surface area contributed by atoms with E-state index in [0.717, 1.165) is 24.3 Å². The Kier molecular flexibility index (Phi) is 2.48. The Bertz CT molecular complexity index is 303. The zero-order valence-electron chi connectivity index (χ0n) is 9.20. The molecule has 14 heavy (non-hydrogen) atoms. The van der Waals surface area contributed by atoms with Crippen molar-refractivity contribution in [3.63, 3.8) is 0 Å². The maximum absolute atomic E-state index is 4.31. The van der Waals surface area contributed by atoms with E-state index in [1.54, 1.807) is 0 Å². The first-order chi connectivity index (χ1) is 6.68. The lowest BCUT2D eigenvalue weighted by Gasteiger charge is -2.12. The van der Waals surface area contributed by atoms with Crippen molar-refractivity contribution in [2.24, 2.45) is 11.8 Å². The van der Waals surface area contributed by atoms with E-state index in [1.807, 2.05) is 12.4 Å². The number of hydrogen-bond acceptors (Lipinski definition) is 2. The molecule has 2 rings (SSSR count). The molecule has 1 heterocycles.